The Hall–Kier alpha value is -1.19. The van der Waals surface area contributed by atoms with Gasteiger partial charge in [0.1, 0.15) is 9.77 Å². The van der Waals surface area contributed by atoms with E-state index >= 15 is 0 Å². The molecule has 9 heteroatoms. The molecule has 1 fully saturated rings. The van der Waals surface area contributed by atoms with Crippen LogP contribution >= 0.6 is 23.7 Å². The lowest BCUT2D eigenvalue weighted by Gasteiger charge is -2.23. The highest BCUT2D eigenvalue weighted by Gasteiger charge is 2.33. The zero-order valence-corrected chi connectivity index (χ0v) is 16.9. The number of hydrogen-bond acceptors (Lipinski definition) is 6. The maximum atomic E-state index is 13.1. The van der Waals surface area contributed by atoms with Crippen molar-refractivity contribution in [2.75, 3.05) is 13.7 Å². The fraction of sp³-hybridized carbons (Fsp3) is 0.471. The first kappa shape index (κ1) is 21.1. The van der Waals surface area contributed by atoms with Crippen molar-refractivity contribution >= 4 is 49.8 Å². The van der Waals surface area contributed by atoms with Crippen molar-refractivity contribution in [2.45, 2.75) is 36.6 Å². The molecule has 6 nitrogen and oxygen atoms in total. The number of fused-ring (bicyclic) bond motifs is 1. The van der Waals surface area contributed by atoms with Crippen LogP contribution in [0, 0.1) is 5.92 Å². The third-order valence-electron chi connectivity index (χ3n) is 4.72. The molecule has 1 unspecified atom stereocenters. The number of esters is 1. The number of carbonyl (C=O) groups excluding carboxylic acids is 1. The van der Waals surface area contributed by atoms with Crippen LogP contribution in [0.1, 0.15) is 35.4 Å². The Morgan fingerprint density at radius 1 is 1.35 bits per heavy atom. The van der Waals surface area contributed by atoms with Gasteiger partial charge in [-0.15, -0.1) is 23.7 Å². The van der Waals surface area contributed by atoms with Gasteiger partial charge in [0, 0.05) is 22.7 Å². The van der Waals surface area contributed by atoms with Gasteiger partial charge in [0.25, 0.3) is 0 Å². The maximum Gasteiger partial charge on any atom is 0.349 e. The second kappa shape index (κ2) is 8.67. The number of nitrogens with two attached hydrogens (primary N) is 1. The Balaban J connectivity index is 0.00000243. The van der Waals surface area contributed by atoms with Gasteiger partial charge in [-0.2, -0.15) is 0 Å². The summed E-state index contributed by atoms with van der Waals surface area (Å²) in [6.07, 6.45) is 4.13. The Kier molecular flexibility index (Phi) is 7.04. The second-order valence-electron chi connectivity index (χ2n) is 6.26. The van der Waals surface area contributed by atoms with Crippen molar-refractivity contribution in [1.82, 2.24) is 4.72 Å². The average Bonchev–Trinajstić information content (AvgIpc) is 3.26. The molecule has 3 rings (SSSR count). The van der Waals surface area contributed by atoms with Gasteiger partial charge in [0.05, 0.1) is 7.11 Å². The minimum Gasteiger partial charge on any atom is -0.465 e. The molecule has 3 N–H and O–H groups in total. The summed E-state index contributed by atoms with van der Waals surface area (Å²) in [5.74, 6) is -0.405. The number of thiophene rings is 1. The number of methoxy groups -OCH3 is 1. The lowest BCUT2D eigenvalue weighted by molar-refractivity contribution is 0.0602. The molecule has 144 valence electrons. The highest BCUT2D eigenvalue weighted by atomic mass is 35.5. The maximum absolute atomic E-state index is 13.1. The highest BCUT2D eigenvalue weighted by Crippen LogP contribution is 2.36. The fourth-order valence-corrected chi connectivity index (χ4v) is 6.61. The van der Waals surface area contributed by atoms with Crippen LogP contribution in [-0.2, 0) is 14.8 Å². The molecule has 0 radical (unpaired) electrons. The topological polar surface area (TPSA) is 98.5 Å². The molecule has 0 aliphatic heterocycles. The van der Waals surface area contributed by atoms with E-state index in [1.165, 1.54) is 7.11 Å². The van der Waals surface area contributed by atoms with Crippen LogP contribution in [0.4, 0.5) is 0 Å². The monoisotopic (exact) mass is 418 g/mol. The Morgan fingerprint density at radius 2 is 2.00 bits per heavy atom. The summed E-state index contributed by atoms with van der Waals surface area (Å²) >= 11 is 1.13. The summed E-state index contributed by atoms with van der Waals surface area (Å²) in [5.41, 5.74) is 5.83. The van der Waals surface area contributed by atoms with Crippen molar-refractivity contribution in [3.05, 3.63) is 29.1 Å². The summed E-state index contributed by atoms with van der Waals surface area (Å²) in [6, 6.07) is 6.75. The van der Waals surface area contributed by atoms with E-state index in [0.717, 1.165) is 41.7 Å². The van der Waals surface area contributed by atoms with Gasteiger partial charge in [-0.3, -0.25) is 0 Å². The highest BCUT2D eigenvalue weighted by molar-refractivity contribution is 7.90. The van der Waals surface area contributed by atoms with Crippen molar-refractivity contribution in [3.8, 4) is 0 Å². The number of carbonyl (C=O) groups is 1. The molecular formula is C17H23ClN2O4S2. The number of hydrogen-bond donors (Lipinski definition) is 2. The first-order valence-corrected chi connectivity index (χ1v) is 10.6. The van der Waals surface area contributed by atoms with Crippen LogP contribution in [0.15, 0.2) is 29.2 Å². The Bertz CT molecular complexity index is 876. The van der Waals surface area contributed by atoms with E-state index < -0.39 is 16.0 Å². The Morgan fingerprint density at radius 3 is 2.62 bits per heavy atom. The predicted octanol–water partition coefficient (Wildman–Crippen LogP) is 2.91. The summed E-state index contributed by atoms with van der Waals surface area (Å²) < 4.78 is 34.5. The quantitative estimate of drug-likeness (QED) is 0.702. The second-order valence-corrected chi connectivity index (χ2v) is 8.96. The summed E-state index contributed by atoms with van der Waals surface area (Å²) in [6.45, 7) is 0.236. The number of ether oxygens (including phenoxy) is 1. The molecule has 0 spiro atoms. The van der Waals surface area contributed by atoms with Crippen molar-refractivity contribution < 1.29 is 17.9 Å². The van der Waals surface area contributed by atoms with Gasteiger partial charge < -0.3 is 10.5 Å². The molecule has 1 aliphatic carbocycles. The smallest absolute Gasteiger partial charge is 0.349 e. The average molecular weight is 419 g/mol. The van der Waals surface area contributed by atoms with E-state index in [2.05, 4.69) is 4.72 Å². The number of rotatable bonds is 6. The van der Waals surface area contributed by atoms with E-state index in [1.54, 1.807) is 18.2 Å². The molecule has 1 heterocycles. The molecule has 2 aromatic rings. The van der Waals surface area contributed by atoms with Crippen LogP contribution in [0.2, 0.25) is 0 Å². The largest absolute Gasteiger partial charge is 0.465 e. The lowest BCUT2D eigenvalue weighted by Crippen LogP contribution is -2.44. The number of nitrogens with one attached hydrogen (secondary N) is 1. The van der Waals surface area contributed by atoms with Crippen LogP contribution in [0.25, 0.3) is 10.1 Å². The first-order chi connectivity index (χ1) is 12.0. The van der Waals surface area contributed by atoms with E-state index in [-0.39, 0.29) is 40.7 Å². The summed E-state index contributed by atoms with van der Waals surface area (Å²) in [4.78, 5) is 12.2. The summed E-state index contributed by atoms with van der Waals surface area (Å²) in [5, 5.41) is 0.530. The zero-order chi connectivity index (χ0) is 18.0. The molecule has 1 aromatic carbocycles. The third-order valence-corrected chi connectivity index (χ3v) is 7.57. The van der Waals surface area contributed by atoms with Crippen LogP contribution in [0.3, 0.4) is 0 Å². The van der Waals surface area contributed by atoms with Crippen LogP contribution in [0.5, 0.6) is 0 Å². The van der Waals surface area contributed by atoms with Crippen molar-refractivity contribution in [3.63, 3.8) is 0 Å². The molecule has 0 amide bonds. The fourth-order valence-electron chi connectivity index (χ4n) is 3.47. The number of halogens is 1. The van der Waals surface area contributed by atoms with Gasteiger partial charge in [-0.05, 0) is 24.8 Å². The predicted molar refractivity (Wildman–Crippen MR) is 106 cm³/mol. The van der Waals surface area contributed by atoms with Gasteiger partial charge in [0.2, 0.25) is 10.0 Å². The van der Waals surface area contributed by atoms with Crippen molar-refractivity contribution in [2.24, 2.45) is 11.7 Å². The molecule has 1 aromatic heterocycles. The SMILES string of the molecule is COC(=O)c1sc2ccccc2c1S(=O)(=O)NC(CN)C1CCCC1.Cl. The number of benzene rings is 1. The molecule has 1 saturated carbocycles. The van der Waals surface area contributed by atoms with E-state index in [9.17, 15) is 13.2 Å². The molecule has 1 aliphatic rings. The molecule has 1 atom stereocenters. The standard InChI is InChI=1S/C17H22N2O4S2.ClH/c1-23-17(20)15-16(12-8-4-5-9-14(12)24-15)25(21,22)19-13(10-18)11-6-2-3-7-11;/h4-5,8-9,11,13,19H,2-3,6-7,10,18H2,1H3;1H. The molecule has 0 bridgehead atoms. The Labute approximate surface area is 163 Å². The first-order valence-electron chi connectivity index (χ1n) is 8.30. The van der Waals surface area contributed by atoms with Crippen LogP contribution < -0.4 is 10.5 Å². The zero-order valence-electron chi connectivity index (χ0n) is 14.4. The molecular weight excluding hydrogens is 396 g/mol. The molecule has 0 saturated heterocycles. The lowest BCUT2D eigenvalue weighted by atomic mass is 9.99. The van der Waals surface area contributed by atoms with Gasteiger partial charge >= 0.3 is 5.97 Å². The summed E-state index contributed by atoms with van der Waals surface area (Å²) in [7, 11) is -2.65. The molecule has 26 heavy (non-hydrogen) atoms. The van der Waals surface area contributed by atoms with Crippen LogP contribution in [-0.4, -0.2) is 34.1 Å². The van der Waals surface area contributed by atoms with E-state index in [1.807, 2.05) is 6.07 Å². The van der Waals surface area contributed by atoms with E-state index in [0.29, 0.717) is 5.39 Å². The minimum atomic E-state index is -3.90. The van der Waals surface area contributed by atoms with Gasteiger partial charge in [-0.25, -0.2) is 17.9 Å². The third kappa shape index (κ3) is 4.04. The normalized spacial score (nSPS) is 16.4. The number of sulfonamides is 1. The van der Waals surface area contributed by atoms with Crippen molar-refractivity contribution in [1.29, 1.82) is 0 Å². The van der Waals surface area contributed by atoms with E-state index in [4.69, 9.17) is 10.5 Å². The van der Waals surface area contributed by atoms with Gasteiger partial charge in [0.15, 0.2) is 0 Å². The minimum absolute atomic E-state index is 0. The van der Waals surface area contributed by atoms with Gasteiger partial charge in [-0.1, -0.05) is 31.0 Å².